The molecule has 1 atom stereocenters. The van der Waals surface area contributed by atoms with Crippen molar-refractivity contribution in [3.63, 3.8) is 0 Å². The molecule has 1 unspecified atom stereocenters. The molecule has 1 N–H and O–H groups in total. The topological polar surface area (TPSA) is 37.8 Å². The number of nitrogens with zero attached hydrogens (tertiary/aromatic N) is 2. The second-order valence-electron chi connectivity index (χ2n) is 3.60. The number of rotatable bonds is 5. The summed E-state index contributed by atoms with van der Waals surface area (Å²) in [4.78, 5) is 1.23. The van der Waals surface area contributed by atoms with Crippen LogP contribution >= 0.6 is 38.8 Å². The Morgan fingerprint density at radius 2 is 2.24 bits per heavy atom. The van der Waals surface area contributed by atoms with Crippen LogP contribution in [0.3, 0.4) is 0 Å². The van der Waals surface area contributed by atoms with Gasteiger partial charge in [-0.15, -0.1) is 5.10 Å². The zero-order valence-corrected chi connectivity index (χ0v) is 13.0. The van der Waals surface area contributed by atoms with Crippen molar-refractivity contribution in [2.45, 2.75) is 26.3 Å². The first-order valence-corrected chi connectivity index (χ1v) is 8.04. The van der Waals surface area contributed by atoms with Crippen molar-refractivity contribution in [3.8, 4) is 0 Å². The number of thiophene rings is 1. The Hall–Kier alpha value is -0.300. The van der Waals surface area contributed by atoms with E-state index in [1.54, 1.807) is 11.3 Å². The van der Waals surface area contributed by atoms with E-state index in [2.05, 4.69) is 55.4 Å². The van der Waals surface area contributed by atoms with E-state index in [-0.39, 0.29) is 6.04 Å². The Morgan fingerprint density at radius 1 is 1.41 bits per heavy atom. The number of aryl methyl sites for hydroxylation is 1. The summed E-state index contributed by atoms with van der Waals surface area (Å²) in [5.41, 5.74) is 2.37. The monoisotopic (exact) mass is 331 g/mol. The van der Waals surface area contributed by atoms with Crippen molar-refractivity contribution in [1.29, 1.82) is 0 Å². The Balaban J connectivity index is 2.39. The highest BCUT2D eigenvalue weighted by Crippen LogP contribution is 2.34. The number of aromatic nitrogens is 2. The van der Waals surface area contributed by atoms with Gasteiger partial charge < -0.3 is 5.32 Å². The Morgan fingerprint density at radius 3 is 2.82 bits per heavy atom. The average Bonchev–Trinajstić information content (AvgIpc) is 2.94. The van der Waals surface area contributed by atoms with Crippen LogP contribution in [0.1, 0.15) is 36.0 Å². The molecule has 0 aliphatic rings. The highest BCUT2D eigenvalue weighted by atomic mass is 79.9. The molecule has 6 heteroatoms. The summed E-state index contributed by atoms with van der Waals surface area (Å²) in [7, 11) is 0. The van der Waals surface area contributed by atoms with E-state index in [0.29, 0.717) is 0 Å². The van der Waals surface area contributed by atoms with Crippen molar-refractivity contribution in [2.75, 3.05) is 6.54 Å². The quantitative estimate of drug-likeness (QED) is 0.909. The van der Waals surface area contributed by atoms with E-state index in [1.807, 2.05) is 0 Å². The van der Waals surface area contributed by atoms with Gasteiger partial charge in [-0.1, -0.05) is 18.3 Å². The Labute approximate surface area is 118 Å². The van der Waals surface area contributed by atoms with E-state index < -0.39 is 0 Å². The van der Waals surface area contributed by atoms with Crippen molar-refractivity contribution < 1.29 is 0 Å². The lowest BCUT2D eigenvalue weighted by Gasteiger charge is -2.16. The second-order valence-corrected chi connectivity index (χ2v) is 5.99. The summed E-state index contributed by atoms with van der Waals surface area (Å²) in [6.07, 6.45) is 0.926. The summed E-state index contributed by atoms with van der Waals surface area (Å²) >= 11 is 6.80. The van der Waals surface area contributed by atoms with Crippen molar-refractivity contribution >= 4 is 38.8 Å². The minimum absolute atomic E-state index is 0.204. The maximum Gasteiger partial charge on any atom is 0.0804 e. The fourth-order valence-corrected chi connectivity index (χ4v) is 4.11. The molecule has 0 saturated heterocycles. The van der Waals surface area contributed by atoms with Gasteiger partial charge in [0.05, 0.1) is 16.6 Å². The molecule has 2 aromatic heterocycles. The molecule has 0 amide bonds. The molecule has 17 heavy (non-hydrogen) atoms. The summed E-state index contributed by atoms with van der Waals surface area (Å²) < 4.78 is 5.23. The van der Waals surface area contributed by atoms with Gasteiger partial charge in [0.25, 0.3) is 0 Å². The van der Waals surface area contributed by atoms with Gasteiger partial charge in [0, 0.05) is 9.85 Å². The van der Waals surface area contributed by atoms with Crippen LogP contribution in [0.15, 0.2) is 15.2 Å². The van der Waals surface area contributed by atoms with Gasteiger partial charge in [-0.25, -0.2) is 0 Å². The number of hydrogen-bond donors (Lipinski definition) is 1. The SMILES string of the molecule is CCNC(c1cscc1Br)c1snnc1CC. The van der Waals surface area contributed by atoms with E-state index in [9.17, 15) is 0 Å². The second kappa shape index (κ2) is 6.04. The summed E-state index contributed by atoms with van der Waals surface area (Å²) in [5, 5.41) is 12.0. The van der Waals surface area contributed by atoms with Crippen LogP contribution in [0.5, 0.6) is 0 Å². The smallest absolute Gasteiger partial charge is 0.0804 e. The van der Waals surface area contributed by atoms with Crippen molar-refractivity contribution in [2.24, 2.45) is 0 Å². The van der Waals surface area contributed by atoms with Gasteiger partial charge in [0.1, 0.15) is 0 Å². The van der Waals surface area contributed by atoms with Crippen LogP contribution < -0.4 is 5.32 Å². The predicted molar refractivity (Wildman–Crippen MR) is 76.8 cm³/mol. The van der Waals surface area contributed by atoms with Gasteiger partial charge in [-0.3, -0.25) is 0 Å². The Bertz CT molecular complexity index is 481. The lowest BCUT2D eigenvalue weighted by Crippen LogP contribution is -2.22. The fourth-order valence-electron chi connectivity index (χ4n) is 1.73. The molecule has 0 fully saturated rings. The lowest BCUT2D eigenvalue weighted by molar-refractivity contribution is 0.632. The molecule has 0 aliphatic heterocycles. The fraction of sp³-hybridized carbons (Fsp3) is 0.455. The Kier molecular flexibility index (Phi) is 4.67. The third-order valence-electron chi connectivity index (χ3n) is 2.54. The summed E-state index contributed by atoms with van der Waals surface area (Å²) in [6.45, 7) is 5.16. The molecule has 2 rings (SSSR count). The molecule has 2 heterocycles. The van der Waals surface area contributed by atoms with Crippen LogP contribution in [-0.4, -0.2) is 16.1 Å². The van der Waals surface area contributed by atoms with Crippen LogP contribution in [-0.2, 0) is 6.42 Å². The molecule has 92 valence electrons. The van der Waals surface area contributed by atoms with E-state index >= 15 is 0 Å². The average molecular weight is 332 g/mol. The molecule has 0 aliphatic carbocycles. The van der Waals surface area contributed by atoms with E-state index in [1.165, 1.54) is 22.0 Å². The zero-order valence-electron chi connectivity index (χ0n) is 9.74. The van der Waals surface area contributed by atoms with E-state index in [4.69, 9.17) is 0 Å². The molecule has 0 spiro atoms. The molecule has 3 nitrogen and oxygen atoms in total. The molecule has 2 aromatic rings. The molecule has 0 saturated carbocycles. The minimum Gasteiger partial charge on any atom is -0.306 e. The molecule has 0 radical (unpaired) electrons. The predicted octanol–water partition coefficient (Wildman–Crippen LogP) is 3.62. The first-order chi connectivity index (χ1) is 8.27. The molecule has 0 bridgehead atoms. The van der Waals surface area contributed by atoms with Crippen LogP contribution in [0, 0.1) is 0 Å². The summed E-state index contributed by atoms with van der Waals surface area (Å²) in [5.74, 6) is 0. The number of hydrogen-bond acceptors (Lipinski definition) is 5. The summed E-state index contributed by atoms with van der Waals surface area (Å²) in [6, 6.07) is 0.204. The highest BCUT2D eigenvalue weighted by Gasteiger charge is 2.22. The first kappa shape index (κ1) is 13.1. The maximum atomic E-state index is 4.19. The van der Waals surface area contributed by atoms with E-state index in [0.717, 1.165) is 23.1 Å². The molecular weight excluding hydrogens is 318 g/mol. The van der Waals surface area contributed by atoms with Crippen LogP contribution in [0.2, 0.25) is 0 Å². The number of halogens is 1. The normalized spacial score (nSPS) is 12.9. The van der Waals surface area contributed by atoms with Gasteiger partial charge in [0.2, 0.25) is 0 Å². The molecular formula is C11H14BrN3S2. The van der Waals surface area contributed by atoms with Crippen LogP contribution in [0.25, 0.3) is 0 Å². The van der Waals surface area contributed by atoms with Gasteiger partial charge >= 0.3 is 0 Å². The highest BCUT2D eigenvalue weighted by molar-refractivity contribution is 9.10. The largest absolute Gasteiger partial charge is 0.306 e. The third kappa shape index (κ3) is 2.76. The minimum atomic E-state index is 0.204. The van der Waals surface area contributed by atoms with Gasteiger partial charge in [-0.05, 0) is 51.4 Å². The first-order valence-electron chi connectivity index (χ1n) is 5.54. The number of nitrogens with one attached hydrogen (secondary N) is 1. The lowest BCUT2D eigenvalue weighted by atomic mass is 10.1. The molecule has 0 aromatic carbocycles. The van der Waals surface area contributed by atoms with Crippen molar-refractivity contribution in [3.05, 3.63) is 31.4 Å². The third-order valence-corrected chi connectivity index (χ3v) is 5.13. The van der Waals surface area contributed by atoms with Crippen molar-refractivity contribution in [1.82, 2.24) is 14.9 Å². The zero-order chi connectivity index (χ0) is 12.3. The van der Waals surface area contributed by atoms with Gasteiger partial charge in [0.15, 0.2) is 0 Å². The standard InChI is InChI=1S/C11H14BrN3S2/c1-3-9-11(17-15-14-9)10(13-4-2)7-5-16-6-8(7)12/h5-6,10,13H,3-4H2,1-2H3. The van der Waals surface area contributed by atoms with Crippen LogP contribution in [0.4, 0.5) is 0 Å². The van der Waals surface area contributed by atoms with Gasteiger partial charge in [-0.2, -0.15) is 11.3 Å². The maximum absolute atomic E-state index is 4.19.